The van der Waals surface area contributed by atoms with E-state index in [1.54, 1.807) is 0 Å². The Morgan fingerprint density at radius 2 is 0.474 bits per heavy atom. The van der Waals surface area contributed by atoms with Crippen LogP contribution in [0, 0.1) is 5.92 Å². The Balaban J connectivity index is 5.21. The molecular weight excluding hydrogens is 1270 g/mol. The predicted octanol–water partition coefficient (Wildman–Crippen LogP) is 23.3. The van der Waals surface area contributed by atoms with Gasteiger partial charge in [0.05, 0.1) is 26.4 Å². The first-order chi connectivity index (χ1) is 47.0. The van der Waals surface area contributed by atoms with Crippen molar-refractivity contribution in [2.45, 2.75) is 432 Å². The molecule has 0 heterocycles. The fourth-order valence-corrected chi connectivity index (χ4v) is 13.6. The number of phosphoric acid groups is 2. The van der Waals surface area contributed by atoms with Crippen molar-refractivity contribution in [1.82, 2.24) is 0 Å². The van der Waals surface area contributed by atoms with E-state index >= 15 is 0 Å². The van der Waals surface area contributed by atoms with E-state index in [-0.39, 0.29) is 25.7 Å². The lowest BCUT2D eigenvalue weighted by Crippen LogP contribution is -2.30. The largest absolute Gasteiger partial charge is 0.472 e. The van der Waals surface area contributed by atoms with Crippen LogP contribution in [0.2, 0.25) is 0 Å². The Hall–Kier alpha value is -1.94. The first-order valence-electron chi connectivity index (χ1n) is 40.6. The van der Waals surface area contributed by atoms with Gasteiger partial charge in [-0.3, -0.25) is 37.3 Å². The monoisotopic (exact) mass is 1420 g/mol. The second-order valence-corrected chi connectivity index (χ2v) is 31.5. The predicted molar refractivity (Wildman–Crippen MR) is 395 cm³/mol. The van der Waals surface area contributed by atoms with Gasteiger partial charge in [0, 0.05) is 25.7 Å². The lowest BCUT2D eigenvalue weighted by molar-refractivity contribution is -0.161. The van der Waals surface area contributed by atoms with Gasteiger partial charge in [0.1, 0.15) is 19.3 Å². The number of aliphatic hydroxyl groups excluding tert-OH is 1. The highest BCUT2D eigenvalue weighted by Crippen LogP contribution is 2.45. The van der Waals surface area contributed by atoms with Crippen LogP contribution in [-0.2, 0) is 65.4 Å². The minimum absolute atomic E-state index is 0.107. The van der Waals surface area contributed by atoms with Gasteiger partial charge in [-0.15, -0.1) is 0 Å². The molecule has 0 aromatic heterocycles. The molecule has 0 aliphatic carbocycles. The zero-order valence-corrected chi connectivity index (χ0v) is 65.0. The molecule has 5 atom stereocenters. The van der Waals surface area contributed by atoms with Crippen LogP contribution in [0.25, 0.3) is 0 Å². The molecule has 97 heavy (non-hydrogen) atoms. The Kier molecular flexibility index (Phi) is 69.6. The maximum absolute atomic E-state index is 13.1. The van der Waals surface area contributed by atoms with Crippen molar-refractivity contribution in [3.8, 4) is 0 Å². The van der Waals surface area contributed by atoms with Crippen molar-refractivity contribution in [3.05, 3.63) is 0 Å². The summed E-state index contributed by atoms with van der Waals surface area (Å²) < 4.78 is 68.6. The summed E-state index contributed by atoms with van der Waals surface area (Å²) in [7, 11) is -9.91. The first kappa shape index (κ1) is 95.1. The van der Waals surface area contributed by atoms with Gasteiger partial charge in [0.2, 0.25) is 0 Å². The molecule has 0 saturated carbocycles. The normalized spacial score (nSPS) is 13.9. The summed E-state index contributed by atoms with van der Waals surface area (Å²) >= 11 is 0. The Bertz CT molecular complexity index is 1860. The molecule has 0 fully saturated rings. The Morgan fingerprint density at radius 1 is 0.278 bits per heavy atom. The van der Waals surface area contributed by atoms with Gasteiger partial charge in [-0.05, 0) is 31.6 Å². The standard InChI is InChI=1S/C78H152O17P2/c1-6-9-12-15-18-21-24-27-29-31-32-34-36-38-41-44-47-54-59-64-78(83)94-73(67-88-75(80)61-56-51-45-42-40-37-35-33-30-28-25-22-19-16-13-10-7-2)69-92-96(84,85)90-65-72(79)66-91-97(86,87)93-70-74(68-89-76(81)62-57-52-49-48-50-55-60-71(4)5)95-77(82)63-58-53-46-43-39-26-23-20-17-14-11-8-3/h71-74,79H,6-70H2,1-5H3,(H,84,85)(H,86,87)/t72-,73-,74-/m1/s1. The van der Waals surface area contributed by atoms with E-state index in [1.807, 2.05) is 0 Å². The van der Waals surface area contributed by atoms with E-state index in [4.69, 9.17) is 37.0 Å². The summed E-state index contributed by atoms with van der Waals surface area (Å²) in [6, 6.07) is 0. The third-order valence-electron chi connectivity index (χ3n) is 18.3. The molecule has 0 rings (SSSR count). The first-order valence-corrected chi connectivity index (χ1v) is 43.6. The number of esters is 4. The molecule has 0 aliphatic rings. The van der Waals surface area contributed by atoms with Crippen molar-refractivity contribution in [3.63, 3.8) is 0 Å². The topological polar surface area (TPSA) is 237 Å². The molecule has 576 valence electrons. The third kappa shape index (κ3) is 72.2. The Morgan fingerprint density at radius 3 is 0.701 bits per heavy atom. The van der Waals surface area contributed by atoms with Gasteiger partial charge >= 0.3 is 39.5 Å². The van der Waals surface area contributed by atoms with E-state index in [0.29, 0.717) is 31.6 Å². The van der Waals surface area contributed by atoms with Gasteiger partial charge in [-0.1, -0.05) is 362 Å². The van der Waals surface area contributed by atoms with Gasteiger partial charge in [-0.2, -0.15) is 0 Å². The average molecular weight is 1420 g/mol. The number of phosphoric ester groups is 2. The van der Waals surface area contributed by atoms with Gasteiger partial charge < -0.3 is 33.8 Å². The number of hydrogen-bond donors (Lipinski definition) is 3. The average Bonchev–Trinajstić information content (AvgIpc) is 1.58. The van der Waals surface area contributed by atoms with Crippen LogP contribution in [0.4, 0.5) is 0 Å². The van der Waals surface area contributed by atoms with Crippen LogP contribution >= 0.6 is 15.6 Å². The number of carbonyl (C=O) groups is 4. The molecule has 0 aromatic carbocycles. The van der Waals surface area contributed by atoms with E-state index < -0.39 is 97.5 Å². The minimum atomic E-state index is -4.96. The summed E-state index contributed by atoms with van der Waals surface area (Å²) in [5.74, 6) is -1.43. The summed E-state index contributed by atoms with van der Waals surface area (Å²) in [5.41, 5.74) is 0. The molecule has 0 saturated heterocycles. The molecule has 3 N–H and O–H groups in total. The smallest absolute Gasteiger partial charge is 0.462 e. The molecular formula is C78H152O17P2. The zero-order valence-electron chi connectivity index (χ0n) is 63.2. The second-order valence-electron chi connectivity index (χ2n) is 28.6. The van der Waals surface area contributed by atoms with Crippen molar-refractivity contribution in [1.29, 1.82) is 0 Å². The van der Waals surface area contributed by atoms with E-state index in [0.717, 1.165) is 96.3 Å². The quantitative estimate of drug-likeness (QED) is 0.0222. The molecule has 17 nitrogen and oxygen atoms in total. The van der Waals surface area contributed by atoms with Crippen LogP contribution in [0.15, 0.2) is 0 Å². The highest BCUT2D eigenvalue weighted by atomic mass is 31.2. The molecule has 0 aromatic rings. The summed E-state index contributed by atoms with van der Waals surface area (Å²) in [6.45, 7) is 7.23. The van der Waals surface area contributed by atoms with E-state index in [1.165, 1.54) is 231 Å². The van der Waals surface area contributed by atoms with Gasteiger partial charge in [0.15, 0.2) is 12.2 Å². The second kappa shape index (κ2) is 71.1. The molecule has 0 amide bonds. The molecule has 0 bridgehead atoms. The van der Waals surface area contributed by atoms with Crippen LogP contribution in [-0.4, -0.2) is 96.7 Å². The van der Waals surface area contributed by atoms with Crippen LogP contribution in [0.1, 0.15) is 413 Å². The summed E-state index contributed by atoms with van der Waals surface area (Å²) in [6.07, 6.45) is 61.2. The highest BCUT2D eigenvalue weighted by molar-refractivity contribution is 7.47. The maximum atomic E-state index is 13.1. The highest BCUT2D eigenvalue weighted by Gasteiger charge is 2.30. The fraction of sp³-hybridized carbons (Fsp3) is 0.949. The minimum Gasteiger partial charge on any atom is -0.462 e. The molecule has 2 unspecified atom stereocenters. The lowest BCUT2D eigenvalue weighted by atomic mass is 10.0. The number of unbranched alkanes of at least 4 members (excludes halogenated alkanes) is 50. The van der Waals surface area contributed by atoms with Gasteiger partial charge in [-0.25, -0.2) is 9.13 Å². The molecule has 0 aliphatic heterocycles. The fourth-order valence-electron chi connectivity index (χ4n) is 12.1. The Labute approximate surface area is 594 Å². The number of aliphatic hydroxyl groups is 1. The lowest BCUT2D eigenvalue weighted by Gasteiger charge is -2.21. The van der Waals surface area contributed by atoms with Crippen molar-refractivity contribution in [2.24, 2.45) is 5.92 Å². The number of ether oxygens (including phenoxy) is 4. The number of carbonyl (C=O) groups excluding carboxylic acids is 4. The number of rotatable bonds is 78. The zero-order chi connectivity index (χ0) is 71.2. The summed E-state index contributed by atoms with van der Waals surface area (Å²) in [5, 5.41) is 10.6. The SMILES string of the molecule is CCCCCCCCCCCCCCCCCCCCCC(=O)O[C@H](COC(=O)CCCCCCCCCCCCCCCCCCC)COP(=O)(O)OC[C@@H](O)COP(=O)(O)OC[C@@H](COC(=O)CCCCCCCCC(C)C)OC(=O)CCCCCCCCCCCCCC. The molecule has 19 heteroatoms. The number of hydrogen-bond acceptors (Lipinski definition) is 15. The van der Waals surface area contributed by atoms with Crippen molar-refractivity contribution >= 4 is 39.5 Å². The van der Waals surface area contributed by atoms with Crippen molar-refractivity contribution in [2.75, 3.05) is 39.6 Å². The van der Waals surface area contributed by atoms with Crippen LogP contribution in [0.3, 0.4) is 0 Å². The van der Waals surface area contributed by atoms with Crippen molar-refractivity contribution < 1.29 is 80.2 Å². The van der Waals surface area contributed by atoms with E-state index in [2.05, 4.69) is 34.6 Å². The summed E-state index contributed by atoms with van der Waals surface area (Å²) in [4.78, 5) is 72.8. The third-order valence-corrected chi connectivity index (χ3v) is 20.2. The van der Waals surface area contributed by atoms with E-state index in [9.17, 15) is 43.2 Å². The van der Waals surface area contributed by atoms with Crippen LogP contribution < -0.4 is 0 Å². The maximum Gasteiger partial charge on any atom is 0.472 e. The van der Waals surface area contributed by atoms with Gasteiger partial charge in [0.25, 0.3) is 0 Å². The molecule has 0 spiro atoms. The van der Waals surface area contributed by atoms with Crippen LogP contribution in [0.5, 0.6) is 0 Å². The molecule has 0 radical (unpaired) electrons.